The predicted molar refractivity (Wildman–Crippen MR) is 114 cm³/mol. The molecule has 3 saturated carbocycles. The fraction of sp³-hybridized carbons (Fsp3) is 0.750. The highest BCUT2D eigenvalue weighted by Crippen LogP contribution is 2.63. The SMILES string of the molecule is CNCCOC(=O)/C=C1\CCC2C(C(=O)C(=O)C3C(C)(C(=O)OC)CCCC23C)C1C. The van der Waals surface area contributed by atoms with E-state index in [-0.39, 0.29) is 18.4 Å². The van der Waals surface area contributed by atoms with Gasteiger partial charge in [0.25, 0.3) is 0 Å². The molecule has 3 fully saturated rings. The number of carbonyl (C=O) groups is 4. The van der Waals surface area contributed by atoms with Crippen molar-refractivity contribution < 1.29 is 28.7 Å². The molecule has 0 aliphatic heterocycles. The van der Waals surface area contributed by atoms with Gasteiger partial charge in [-0.3, -0.25) is 14.4 Å². The Morgan fingerprint density at radius 2 is 1.90 bits per heavy atom. The molecule has 3 aliphatic rings. The molecule has 7 heteroatoms. The van der Waals surface area contributed by atoms with Crippen LogP contribution in [0.25, 0.3) is 0 Å². The standard InChI is InChI=1S/C24H35NO6/c1-14-15(13-17(26)31-12-11-25-4)7-8-16-18(14)19(27)20(28)21-23(16,2)9-6-10-24(21,3)22(29)30-5/h13-14,16,18,21,25H,6-12H2,1-5H3/b15-13+. The van der Waals surface area contributed by atoms with E-state index in [1.165, 1.54) is 13.2 Å². The number of allylic oxidation sites excluding steroid dienone is 1. The van der Waals surface area contributed by atoms with E-state index in [4.69, 9.17) is 9.47 Å². The molecule has 3 rings (SSSR count). The van der Waals surface area contributed by atoms with Gasteiger partial charge in [-0.25, -0.2) is 4.79 Å². The Morgan fingerprint density at radius 1 is 1.19 bits per heavy atom. The molecular formula is C24H35NO6. The Hall–Kier alpha value is -2.02. The van der Waals surface area contributed by atoms with E-state index in [0.29, 0.717) is 25.8 Å². The Morgan fingerprint density at radius 3 is 2.55 bits per heavy atom. The third-order valence-electron chi connectivity index (χ3n) is 8.22. The van der Waals surface area contributed by atoms with Gasteiger partial charge in [-0.05, 0) is 56.9 Å². The Kier molecular flexibility index (Phi) is 6.75. The highest BCUT2D eigenvalue weighted by molar-refractivity contribution is 6.40. The van der Waals surface area contributed by atoms with E-state index in [2.05, 4.69) is 12.2 Å². The molecule has 1 N–H and O–H groups in total. The molecule has 0 amide bonds. The van der Waals surface area contributed by atoms with Crippen molar-refractivity contribution >= 4 is 23.5 Å². The quantitative estimate of drug-likeness (QED) is 0.308. The minimum Gasteiger partial charge on any atom is -0.469 e. The predicted octanol–water partition coefficient (Wildman–Crippen LogP) is 2.48. The lowest BCUT2D eigenvalue weighted by molar-refractivity contribution is -0.183. The van der Waals surface area contributed by atoms with Crippen LogP contribution in [0.1, 0.15) is 52.9 Å². The molecule has 0 aromatic rings. The molecule has 6 atom stereocenters. The fourth-order valence-corrected chi connectivity index (χ4v) is 6.71. The molecule has 0 radical (unpaired) electrons. The largest absolute Gasteiger partial charge is 0.469 e. The summed E-state index contributed by atoms with van der Waals surface area (Å²) < 4.78 is 10.3. The lowest BCUT2D eigenvalue weighted by Gasteiger charge is -2.59. The average Bonchev–Trinajstić information content (AvgIpc) is 2.73. The van der Waals surface area contributed by atoms with E-state index < -0.39 is 46.2 Å². The van der Waals surface area contributed by atoms with Crippen molar-refractivity contribution in [2.24, 2.45) is 34.5 Å². The van der Waals surface area contributed by atoms with Gasteiger partial charge in [-0.1, -0.05) is 25.8 Å². The zero-order valence-corrected chi connectivity index (χ0v) is 19.3. The maximum absolute atomic E-state index is 13.4. The van der Waals surface area contributed by atoms with Gasteiger partial charge in [0.05, 0.1) is 12.5 Å². The highest BCUT2D eigenvalue weighted by atomic mass is 16.5. The minimum atomic E-state index is -0.976. The van der Waals surface area contributed by atoms with Crippen molar-refractivity contribution in [1.29, 1.82) is 0 Å². The molecule has 31 heavy (non-hydrogen) atoms. The van der Waals surface area contributed by atoms with Crippen molar-refractivity contribution in [3.8, 4) is 0 Å². The molecule has 0 aromatic carbocycles. The zero-order chi connectivity index (χ0) is 23.0. The van der Waals surface area contributed by atoms with Gasteiger partial charge in [0.2, 0.25) is 11.6 Å². The number of nitrogens with one attached hydrogen (secondary N) is 1. The number of hydrogen-bond acceptors (Lipinski definition) is 7. The van der Waals surface area contributed by atoms with Gasteiger partial charge in [-0.2, -0.15) is 0 Å². The molecule has 6 unspecified atom stereocenters. The number of carbonyl (C=O) groups excluding carboxylic acids is 4. The molecule has 0 spiro atoms. The number of Topliss-reactive ketones (excluding diaryl/α,β-unsaturated/α-hetero) is 2. The van der Waals surface area contributed by atoms with Crippen molar-refractivity contribution in [3.63, 3.8) is 0 Å². The summed E-state index contributed by atoms with van der Waals surface area (Å²) in [6, 6.07) is 0. The number of methoxy groups -OCH3 is 1. The maximum atomic E-state index is 13.4. The summed E-state index contributed by atoms with van der Waals surface area (Å²) >= 11 is 0. The summed E-state index contributed by atoms with van der Waals surface area (Å²) in [5, 5.41) is 2.92. The summed E-state index contributed by atoms with van der Waals surface area (Å²) in [6.45, 7) is 6.64. The summed E-state index contributed by atoms with van der Waals surface area (Å²) in [6.07, 6.45) is 5.08. The van der Waals surface area contributed by atoms with E-state index >= 15 is 0 Å². The lowest BCUT2D eigenvalue weighted by atomic mass is 9.42. The number of hydrogen-bond donors (Lipinski definition) is 1. The fourth-order valence-electron chi connectivity index (χ4n) is 6.71. The zero-order valence-electron chi connectivity index (χ0n) is 19.3. The van der Waals surface area contributed by atoms with E-state index in [0.717, 1.165) is 18.4 Å². The van der Waals surface area contributed by atoms with Crippen molar-refractivity contribution in [3.05, 3.63) is 11.6 Å². The van der Waals surface area contributed by atoms with E-state index in [9.17, 15) is 19.2 Å². The van der Waals surface area contributed by atoms with Crippen LogP contribution in [0, 0.1) is 34.5 Å². The number of ketones is 2. The molecule has 3 aliphatic carbocycles. The number of fused-ring (bicyclic) bond motifs is 3. The first-order chi connectivity index (χ1) is 14.6. The van der Waals surface area contributed by atoms with Crippen LogP contribution in [0.3, 0.4) is 0 Å². The monoisotopic (exact) mass is 433 g/mol. The Labute approximate surface area is 184 Å². The first kappa shape index (κ1) is 23.6. The normalized spacial score (nSPS) is 38.9. The molecule has 0 heterocycles. The summed E-state index contributed by atoms with van der Waals surface area (Å²) in [7, 11) is 3.12. The van der Waals surface area contributed by atoms with Crippen LogP contribution in [-0.2, 0) is 28.7 Å². The molecular weight excluding hydrogens is 398 g/mol. The summed E-state index contributed by atoms with van der Waals surface area (Å²) in [4.78, 5) is 51.7. The molecule has 0 saturated heterocycles. The van der Waals surface area contributed by atoms with Gasteiger partial charge in [0, 0.05) is 24.5 Å². The van der Waals surface area contributed by atoms with Crippen molar-refractivity contribution in [2.75, 3.05) is 27.3 Å². The summed E-state index contributed by atoms with van der Waals surface area (Å²) in [5.41, 5.74) is -0.551. The lowest BCUT2D eigenvalue weighted by Crippen LogP contribution is -2.63. The van der Waals surface area contributed by atoms with Gasteiger partial charge in [-0.15, -0.1) is 0 Å². The van der Waals surface area contributed by atoms with E-state index in [1.807, 2.05) is 6.92 Å². The highest BCUT2D eigenvalue weighted by Gasteiger charge is 2.66. The van der Waals surface area contributed by atoms with Crippen molar-refractivity contribution in [1.82, 2.24) is 5.32 Å². The molecule has 0 bridgehead atoms. The molecule has 172 valence electrons. The first-order valence-electron chi connectivity index (χ1n) is 11.3. The Bertz CT molecular complexity index is 804. The minimum absolute atomic E-state index is 0.000516. The van der Waals surface area contributed by atoms with Crippen LogP contribution in [0.5, 0.6) is 0 Å². The summed E-state index contributed by atoms with van der Waals surface area (Å²) in [5.74, 6) is -2.98. The van der Waals surface area contributed by atoms with Gasteiger partial charge in [0.1, 0.15) is 6.61 Å². The second-order valence-corrected chi connectivity index (χ2v) is 9.88. The van der Waals surface area contributed by atoms with Crippen LogP contribution in [-0.4, -0.2) is 50.8 Å². The third-order valence-corrected chi connectivity index (χ3v) is 8.22. The topological polar surface area (TPSA) is 98.8 Å². The van der Waals surface area contributed by atoms with Crippen LogP contribution in [0.4, 0.5) is 0 Å². The molecule has 7 nitrogen and oxygen atoms in total. The van der Waals surface area contributed by atoms with Gasteiger partial charge < -0.3 is 14.8 Å². The van der Waals surface area contributed by atoms with Crippen LogP contribution in [0.2, 0.25) is 0 Å². The van der Waals surface area contributed by atoms with Crippen LogP contribution in [0.15, 0.2) is 11.6 Å². The van der Waals surface area contributed by atoms with E-state index in [1.54, 1.807) is 14.0 Å². The number of esters is 2. The number of ether oxygens (including phenoxy) is 2. The third kappa shape index (κ3) is 3.86. The molecule has 0 aromatic heterocycles. The second-order valence-electron chi connectivity index (χ2n) is 9.88. The van der Waals surface area contributed by atoms with Crippen LogP contribution >= 0.6 is 0 Å². The van der Waals surface area contributed by atoms with Gasteiger partial charge >= 0.3 is 11.9 Å². The average molecular weight is 434 g/mol. The second kappa shape index (κ2) is 8.85. The Balaban J connectivity index is 1.91. The van der Waals surface area contributed by atoms with Crippen LogP contribution < -0.4 is 5.32 Å². The maximum Gasteiger partial charge on any atom is 0.330 e. The van der Waals surface area contributed by atoms with Crippen molar-refractivity contribution in [2.45, 2.75) is 52.9 Å². The van der Waals surface area contributed by atoms with Gasteiger partial charge in [0.15, 0.2) is 0 Å². The number of likely N-dealkylation sites (N-methyl/N-ethyl adjacent to an activating group) is 1. The first-order valence-corrected chi connectivity index (χ1v) is 11.3. The number of rotatable bonds is 5. The smallest absolute Gasteiger partial charge is 0.330 e.